The molecule has 3 heterocycles. The van der Waals surface area contributed by atoms with Crippen molar-refractivity contribution >= 4 is 17.7 Å². The minimum absolute atomic E-state index is 0.0759. The summed E-state index contributed by atoms with van der Waals surface area (Å²) in [5.41, 5.74) is 8.08. The number of hydrogen-bond acceptors (Lipinski definition) is 8. The fraction of sp³-hybridized carbons (Fsp3) is 0.600. The van der Waals surface area contributed by atoms with Crippen LogP contribution in [0.1, 0.15) is 76.3 Å². The van der Waals surface area contributed by atoms with Crippen LogP contribution in [0.25, 0.3) is 11.3 Å². The number of piperidine rings is 1. The summed E-state index contributed by atoms with van der Waals surface area (Å²) >= 11 is 0. The summed E-state index contributed by atoms with van der Waals surface area (Å²) < 4.78 is 13.3. The number of carbonyl (C=O) groups is 3. The number of imidazole rings is 1. The highest BCUT2D eigenvalue weighted by molar-refractivity contribution is 6.00. The molecule has 2 aliphatic heterocycles. The number of aromatic nitrogens is 2. The van der Waals surface area contributed by atoms with Crippen molar-refractivity contribution < 1.29 is 23.9 Å². The van der Waals surface area contributed by atoms with Crippen LogP contribution in [-0.4, -0.2) is 51.6 Å². The van der Waals surface area contributed by atoms with Crippen molar-refractivity contribution in [2.24, 2.45) is 23.5 Å². The molecule has 3 atom stereocenters. The maximum atomic E-state index is 13.5. The second-order valence-corrected chi connectivity index (χ2v) is 12.6. The normalized spacial score (nSPS) is 21.7. The SMILES string of the molecule is CC(C)(C)OC(=O)C1CCn2c(nc(-c3ccc(C(=O)C4CNCCC4C(=O)OC(C)(C)C)cc3)c2CN)C1. The van der Waals surface area contributed by atoms with Gasteiger partial charge in [-0.2, -0.15) is 0 Å². The summed E-state index contributed by atoms with van der Waals surface area (Å²) in [6.07, 6.45) is 1.74. The van der Waals surface area contributed by atoms with Gasteiger partial charge in [0, 0.05) is 43.1 Å². The van der Waals surface area contributed by atoms with Crippen LogP contribution in [0.2, 0.25) is 0 Å². The maximum absolute atomic E-state index is 13.5. The number of Topliss-reactive ketones (excluding diaryl/α,β-unsaturated/α-hetero) is 1. The number of rotatable bonds is 6. The van der Waals surface area contributed by atoms with E-state index in [2.05, 4.69) is 9.88 Å². The Balaban J connectivity index is 1.53. The van der Waals surface area contributed by atoms with E-state index in [1.54, 1.807) is 12.1 Å². The van der Waals surface area contributed by atoms with Crippen molar-refractivity contribution in [3.63, 3.8) is 0 Å². The second-order valence-electron chi connectivity index (χ2n) is 12.6. The highest BCUT2D eigenvalue weighted by Gasteiger charge is 2.38. The summed E-state index contributed by atoms with van der Waals surface area (Å²) in [5.74, 6) is -0.964. The number of carbonyl (C=O) groups excluding carboxylic acids is 3. The van der Waals surface area contributed by atoms with Crippen LogP contribution in [0.4, 0.5) is 0 Å². The van der Waals surface area contributed by atoms with Gasteiger partial charge in [-0.15, -0.1) is 0 Å². The lowest BCUT2D eigenvalue weighted by molar-refractivity contribution is -0.162. The molecule has 0 saturated carbocycles. The summed E-state index contributed by atoms with van der Waals surface area (Å²) in [4.78, 5) is 43.9. The minimum atomic E-state index is -0.603. The average molecular weight is 539 g/mol. The first-order valence-electron chi connectivity index (χ1n) is 13.9. The predicted octanol–water partition coefficient (Wildman–Crippen LogP) is 3.66. The van der Waals surface area contributed by atoms with E-state index in [1.807, 2.05) is 53.7 Å². The van der Waals surface area contributed by atoms with Gasteiger partial charge in [0.25, 0.3) is 0 Å². The van der Waals surface area contributed by atoms with E-state index in [-0.39, 0.29) is 23.6 Å². The Bertz CT molecular complexity index is 1220. The van der Waals surface area contributed by atoms with Crippen LogP contribution < -0.4 is 11.1 Å². The van der Waals surface area contributed by atoms with Gasteiger partial charge in [0.15, 0.2) is 5.78 Å². The van der Waals surface area contributed by atoms with E-state index < -0.39 is 23.0 Å². The topological polar surface area (TPSA) is 126 Å². The predicted molar refractivity (Wildman–Crippen MR) is 148 cm³/mol. The van der Waals surface area contributed by atoms with Crippen molar-refractivity contribution in [1.82, 2.24) is 14.9 Å². The molecule has 9 heteroatoms. The molecule has 39 heavy (non-hydrogen) atoms. The van der Waals surface area contributed by atoms with Crippen LogP contribution >= 0.6 is 0 Å². The molecule has 1 saturated heterocycles. The summed E-state index contributed by atoms with van der Waals surface area (Å²) in [6.45, 7) is 13.2. The van der Waals surface area contributed by atoms with Gasteiger partial charge >= 0.3 is 11.9 Å². The van der Waals surface area contributed by atoms with Gasteiger partial charge in [-0.25, -0.2) is 4.98 Å². The lowest BCUT2D eigenvalue weighted by Gasteiger charge is -2.32. The van der Waals surface area contributed by atoms with E-state index in [4.69, 9.17) is 20.2 Å². The Morgan fingerprint density at radius 1 is 0.974 bits per heavy atom. The molecule has 0 amide bonds. The molecule has 1 aromatic carbocycles. The van der Waals surface area contributed by atoms with Gasteiger partial charge in [0.05, 0.1) is 23.2 Å². The summed E-state index contributed by atoms with van der Waals surface area (Å²) in [5, 5.41) is 3.25. The fourth-order valence-corrected chi connectivity index (χ4v) is 5.39. The Labute approximate surface area is 230 Å². The lowest BCUT2D eigenvalue weighted by Crippen LogP contribution is -2.45. The quantitative estimate of drug-likeness (QED) is 0.422. The monoisotopic (exact) mass is 538 g/mol. The zero-order chi connectivity index (χ0) is 28.5. The van der Waals surface area contributed by atoms with Gasteiger partial charge in [-0.3, -0.25) is 14.4 Å². The number of hydrogen-bond donors (Lipinski definition) is 2. The van der Waals surface area contributed by atoms with Gasteiger partial charge in [-0.05, 0) is 60.9 Å². The minimum Gasteiger partial charge on any atom is -0.460 e. The van der Waals surface area contributed by atoms with Gasteiger partial charge in [0.1, 0.15) is 17.0 Å². The van der Waals surface area contributed by atoms with Crippen molar-refractivity contribution in [3.8, 4) is 11.3 Å². The lowest BCUT2D eigenvalue weighted by atomic mass is 9.81. The molecule has 212 valence electrons. The Morgan fingerprint density at radius 3 is 2.23 bits per heavy atom. The number of esters is 2. The second kappa shape index (κ2) is 11.2. The van der Waals surface area contributed by atoms with Crippen LogP contribution in [0, 0.1) is 17.8 Å². The molecule has 1 fully saturated rings. The Kier molecular flexibility index (Phi) is 8.33. The molecule has 0 radical (unpaired) electrons. The van der Waals surface area contributed by atoms with E-state index in [0.717, 1.165) is 22.8 Å². The van der Waals surface area contributed by atoms with E-state index in [1.165, 1.54) is 0 Å². The number of benzene rings is 1. The molecule has 0 bridgehead atoms. The molecule has 3 N–H and O–H groups in total. The Morgan fingerprint density at radius 2 is 1.62 bits per heavy atom. The number of nitrogens with two attached hydrogens (primary N) is 1. The molecule has 4 rings (SSSR count). The molecule has 0 aliphatic carbocycles. The highest BCUT2D eigenvalue weighted by atomic mass is 16.6. The summed E-state index contributed by atoms with van der Waals surface area (Å²) in [6, 6.07) is 7.34. The standard InChI is InChI=1S/C30H42N4O5/c1-29(2,3)38-27(36)20-12-14-34-23(16-31)25(33-24(34)15-20)18-7-9-19(10-8-18)26(35)22-17-32-13-11-21(22)28(37)39-30(4,5)6/h7-10,20-22,32H,11-17,31H2,1-6H3. The average Bonchev–Trinajstić information content (AvgIpc) is 3.24. The third kappa shape index (κ3) is 6.76. The van der Waals surface area contributed by atoms with Crippen molar-refractivity contribution in [2.45, 2.75) is 85.1 Å². The molecular formula is C30H42N4O5. The fourth-order valence-electron chi connectivity index (χ4n) is 5.39. The van der Waals surface area contributed by atoms with Crippen LogP contribution in [0.3, 0.4) is 0 Å². The molecule has 3 unspecified atom stereocenters. The third-order valence-corrected chi connectivity index (χ3v) is 7.19. The molecule has 9 nitrogen and oxygen atoms in total. The van der Waals surface area contributed by atoms with Gasteiger partial charge in [-0.1, -0.05) is 24.3 Å². The smallest absolute Gasteiger partial charge is 0.310 e. The number of nitrogens with one attached hydrogen (secondary N) is 1. The van der Waals surface area contributed by atoms with Crippen LogP contribution in [0.5, 0.6) is 0 Å². The largest absolute Gasteiger partial charge is 0.460 e. The number of ketones is 1. The molecule has 0 spiro atoms. The molecular weight excluding hydrogens is 496 g/mol. The van der Waals surface area contributed by atoms with Crippen molar-refractivity contribution in [2.75, 3.05) is 13.1 Å². The first-order chi connectivity index (χ1) is 18.3. The number of ether oxygens (including phenoxy) is 2. The number of nitrogens with zero attached hydrogens (tertiary/aromatic N) is 2. The highest BCUT2D eigenvalue weighted by Crippen LogP contribution is 2.32. The molecule has 2 aliphatic rings. The summed E-state index contributed by atoms with van der Waals surface area (Å²) in [7, 11) is 0. The van der Waals surface area contributed by atoms with E-state index in [0.29, 0.717) is 51.0 Å². The van der Waals surface area contributed by atoms with Gasteiger partial charge < -0.3 is 25.1 Å². The Hall–Kier alpha value is -3.04. The molecule has 1 aromatic heterocycles. The van der Waals surface area contributed by atoms with Crippen molar-refractivity contribution in [1.29, 1.82) is 0 Å². The van der Waals surface area contributed by atoms with Gasteiger partial charge in [0.2, 0.25) is 0 Å². The third-order valence-electron chi connectivity index (χ3n) is 7.19. The van der Waals surface area contributed by atoms with E-state index >= 15 is 0 Å². The van der Waals surface area contributed by atoms with Crippen molar-refractivity contribution in [3.05, 3.63) is 41.3 Å². The molecule has 2 aromatic rings. The number of fused-ring (bicyclic) bond motifs is 1. The zero-order valence-electron chi connectivity index (χ0n) is 24.0. The maximum Gasteiger partial charge on any atom is 0.310 e. The van der Waals surface area contributed by atoms with Crippen LogP contribution in [-0.2, 0) is 38.6 Å². The van der Waals surface area contributed by atoms with Crippen LogP contribution in [0.15, 0.2) is 24.3 Å². The van der Waals surface area contributed by atoms with E-state index in [9.17, 15) is 14.4 Å². The zero-order valence-corrected chi connectivity index (χ0v) is 24.0. The first-order valence-corrected chi connectivity index (χ1v) is 13.9. The first kappa shape index (κ1) is 29.0.